The van der Waals surface area contributed by atoms with Gasteiger partial charge in [-0.05, 0) is 52.7 Å². The number of hydrogen-bond acceptors (Lipinski definition) is 9. The number of fused-ring (bicyclic) bond motifs is 1. The summed E-state index contributed by atoms with van der Waals surface area (Å²) >= 11 is 0. The number of phenolic OH excluding ortho intramolecular Hbond substituents is 1. The Kier molecular flexibility index (Phi) is 10.1. The molecule has 9 heteroatoms. The minimum absolute atomic E-state index is 0.0602. The van der Waals surface area contributed by atoms with E-state index in [1.807, 2.05) is 51.1 Å². The van der Waals surface area contributed by atoms with Crippen molar-refractivity contribution >= 4 is 22.4 Å². The lowest BCUT2D eigenvalue weighted by Gasteiger charge is -2.17. The molecule has 0 saturated carbocycles. The topological polar surface area (TPSA) is 146 Å². The van der Waals surface area contributed by atoms with Crippen molar-refractivity contribution in [2.75, 3.05) is 13.2 Å². The first-order valence-corrected chi connectivity index (χ1v) is 13.3. The molecular weight excluding hydrogens is 532 g/mol. The molecule has 0 saturated heterocycles. The Morgan fingerprint density at radius 3 is 2.12 bits per heavy atom. The van der Waals surface area contributed by atoms with Gasteiger partial charge in [0, 0.05) is 34.8 Å². The lowest BCUT2D eigenvalue weighted by Crippen LogP contribution is -2.14. The minimum Gasteiger partial charge on any atom is -0.504 e. The van der Waals surface area contributed by atoms with Gasteiger partial charge < -0.3 is 30.5 Å². The number of ether oxygens (including phenoxy) is 2. The first-order valence-electron chi connectivity index (χ1n) is 13.3. The van der Waals surface area contributed by atoms with E-state index in [0.717, 1.165) is 16.9 Å². The van der Waals surface area contributed by atoms with Crippen LogP contribution in [0.25, 0.3) is 22.3 Å². The summed E-state index contributed by atoms with van der Waals surface area (Å²) < 4.78 is 18.1. The molecule has 3 aromatic rings. The third-order valence-electron chi connectivity index (χ3n) is 6.50. The highest BCUT2D eigenvalue weighted by Gasteiger charge is 2.22. The van der Waals surface area contributed by atoms with Gasteiger partial charge in [0.05, 0.1) is 17.1 Å². The van der Waals surface area contributed by atoms with Crippen molar-refractivity contribution in [3.8, 4) is 28.6 Å². The zero-order valence-corrected chi connectivity index (χ0v) is 25.0. The number of aliphatic imine (C=N–C) groups is 2. The number of rotatable bonds is 11. The summed E-state index contributed by atoms with van der Waals surface area (Å²) in [7, 11) is 0. The molecule has 0 bridgehead atoms. The van der Waals surface area contributed by atoms with E-state index in [9.17, 15) is 9.90 Å². The molecule has 0 unspecified atom stereocenters. The molecule has 0 radical (unpaired) electrons. The molecule has 2 aromatic carbocycles. The summed E-state index contributed by atoms with van der Waals surface area (Å²) in [5.74, 6) is -0.0999. The van der Waals surface area contributed by atoms with Crippen LogP contribution in [0.15, 0.2) is 109 Å². The Morgan fingerprint density at radius 1 is 0.905 bits per heavy atom. The predicted octanol–water partition coefficient (Wildman–Crippen LogP) is 6.38. The molecule has 1 heterocycles. The first kappa shape index (κ1) is 31.5. The molecule has 9 nitrogen and oxygen atoms in total. The van der Waals surface area contributed by atoms with Crippen molar-refractivity contribution in [2.45, 2.75) is 41.5 Å². The number of nitrogens with two attached hydrogens (primary N) is 2. The fourth-order valence-corrected chi connectivity index (χ4v) is 3.60. The van der Waals surface area contributed by atoms with Gasteiger partial charge in [-0.25, -0.2) is 0 Å². The van der Waals surface area contributed by atoms with Crippen molar-refractivity contribution in [2.24, 2.45) is 21.5 Å². The average Bonchev–Trinajstić information content (AvgIpc) is 2.94. The molecule has 1 aromatic heterocycles. The number of allylic oxidation sites excluding steroid dienone is 4. The van der Waals surface area contributed by atoms with Crippen LogP contribution in [-0.2, 0) is 0 Å². The van der Waals surface area contributed by atoms with Crippen LogP contribution in [0.4, 0.5) is 0 Å². The molecule has 0 atom stereocenters. The zero-order chi connectivity index (χ0) is 31.1. The standard InChI is InChI=1S/C33H38N4O5/c1-18(2)21(6)36-23(8)25(35)16-40-30-15-29-31(27(38)14-28(42-29)24-12-10-9-11-13-24)32(39)33(30)41-17-26(20(5)34)37-22(7)19(3)4/h9-15,39H,1,3,16-17,34-35H2,2,4-8H3/b25-23-,26-20-,36-21-,37-22-. The minimum atomic E-state index is -0.453. The van der Waals surface area contributed by atoms with Crippen LogP contribution in [0.2, 0.25) is 0 Å². The summed E-state index contributed by atoms with van der Waals surface area (Å²) in [6.07, 6.45) is 0. The van der Waals surface area contributed by atoms with E-state index in [1.54, 1.807) is 20.8 Å². The molecule has 42 heavy (non-hydrogen) atoms. The largest absolute Gasteiger partial charge is 0.504 e. The van der Waals surface area contributed by atoms with Crippen molar-refractivity contribution < 1.29 is 19.0 Å². The van der Waals surface area contributed by atoms with Crippen molar-refractivity contribution in [1.29, 1.82) is 0 Å². The normalized spacial score (nSPS) is 13.4. The van der Waals surface area contributed by atoms with Crippen LogP contribution in [0, 0.1) is 0 Å². The average molecular weight is 571 g/mol. The van der Waals surface area contributed by atoms with Gasteiger partial charge >= 0.3 is 0 Å². The van der Waals surface area contributed by atoms with Gasteiger partial charge in [-0.2, -0.15) is 0 Å². The monoisotopic (exact) mass is 570 g/mol. The Hall–Kier alpha value is -5.05. The maximum atomic E-state index is 13.2. The van der Waals surface area contributed by atoms with Crippen LogP contribution >= 0.6 is 0 Å². The summed E-state index contributed by atoms with van der Waals surface area (Å²) in [6.45, 7) is 18.3. The van der Waals surface area contributed by atoms with E-state index in [-0.39, 0.29) is 35.7 Å². The van der Waals surface area contributed by atoms with Crippen LogP contribution in [0.1, 0.15) is 41.5 Å². The number of aromatic hydroxyl groups is 1. The van der Waals surface area contributed by atoms with Gasteiger partial charge in [0.25, 0.3) is 0 Å². The maximum absolute atomic E-state index is 13.2. The summed E-state index contributed by atoms with van der Waals surface area (Å²) in [6, 6.07) is 12.0. The molecule has 3 rings (SSSR count). The van der Waals surface area contributed by atoms with Crippen LogP contribution in [0.3, 0.4) is 0 Å². The molecule has 0 aliphatic carbocycles. The Balaban J connectivity index is 2.14. The Labute approximate surface area is 245 Å². The smallest absolute Gasteiger partial charge is 0.204 e. The van der Waals surface area contributed by atoms with Gasteiger partial charge in [-0.15, -0.1) is 0 Å². The van der Waals surface area contributed by atoms with E-state index < -0.39 is 11.2 Å². The second kappa shape index (κ2) is 13.5. The molecular formula is C33H38N4O5. The van der Waals surface area contributed by atoms with Crippen LogP contribution < -0.4 is 26.4 Å². The van der Waals surface area contributed by atoms with Gasteiger partial charge in [-0.1, -0.05) is 43.5 Å². The Bertz CT molecular complexity index is 1710. The number of benzene rings is 2. The quantitative estimate of drug-likeness (QED) is 0.227. The lowest BCUT2D eigenvalue weighted by atomic mass is 10.1. The predicted molar refractivity (Wildman–Crippen MR) is 170 cm³/mol. The summed E-state index contributed by atoms with van der Waals surface area (Å²) in [5, 5.41) is 11.3. The van der Waals surface area contributed by atoms with Crippen LogP contribution in [0.5, 0.6) is 17.2 Å². The third kappa shape index (κ3) is 7.57. The van der Waals surface area contributed by atoms with E-state index >= 15 is 0 Å². The van der Waals surface area contributed by atoms with Crippen molar-refractivity contribution in [1.82, 2.24) is 0 Å². The summed E-state index contributed by atoms with van der Waals surface area (Å²) in [4.78, 5) is 22.2. The highest BCUT2D eigenvalue weighted by Crippen LogP contribution is 2.43. The van der Waals surface area contributed by atoms with Crippen LogP contribution in [-0.4, -0.2) is 29.7 Å². The second-order valence-electron chi connectivity index (χ2n) is 10.0. The highest BCUT2D eigenvalue weighted by molar-refractivity contribution is 5.98. The molecule has 220 valence electrons. The van der Waals surface area contributed by atoms with E-state index in [2.05, 4.69) is 23.1 Å². The van der Waals surface area contributed by atoms with Gasteiger partial charge in [0.1, 0.15) is 29.9 Å². The second-order valence-corrected chi connectivity index (χ2v) is 10.0. The van der Waals surface area contributed by atoms with Crippen molar-refractivity contribution in [3.05, 3.63) is 99.8 Å². The fourth-order valence-electron chi connectivity index (χ4n) is 3.60. The summed E-state index contributed by atoms with van der Waals surface area (Å²) in [5.41, 5.74) is 17.4. The molecule has 0 fully saturated rings. The van der Waals surface area contributed by atoms with E-state index in [1.165, 1.54) is 12.1 Å². The first-order chi connectivity index (χ1) is 19.8. The third-order valence-corrected chi connectivity index (χ3v) is 6.50. The number of nitrogens with zero attached hydrogens (tertiary/aromatic N) is 2. The van der Waals surface area contributed by atoms with Gasteiger partial charge in [0.15, 0.2) is 16.9 Å². The number of hydrogen-bond donors (Lipinski definition) is 3. The van der Waals surface area contributed by atoms with Gasteiger partial charge in [-0.3, -0.25) is 14.8 Å². The Morgan fingerprint density at radius 2 is 1.52 bits per heavy atom. The molecule has 0 aliphatic heterocycles. The zero-order valence-electron chi connectivity index (χ0n) is 25.0. The molecule has 0 spiro atoms. The SMILES string of the molecule is C=C(C)/C(C)=N\C(C)=C(/N)COc1cc2oc(-c3ccccc3)cc(=O)c2c(O)c1OCC(/N=C(/C)C(=C)C)=C(\C)N. The molecule has 5 N–H and O–H groups in total. The molecule has 0 amide bonds. The fraction of sp³-hybridized carbons (Fsp3) is 0.242. The number of phenols is 1. The van der Waals surface area contributed by atoms with Gasteiger partial charge in [0.2, 0.25) is 5.75 Å². The van der Waals surface area contributed by atoms with E-state index in [0.29, 0.717) is 39.8 Å². The maximum Gasteiger partial charge on any atom is 0.204 e. The molecule has 0 aliphatic rings. The van der Waals surface area contributed by atoms with E-state index in [4.69, 9.17) is 25.4 Å². The lowest BCUT2D eigenvalue weighted by molar-refractivity contribution is 0.284. The van der Waals surface area contributed by atoms with Crippen molar-refractivity contribution in [3.63, 3.8) is 0 Å². The highest BCUT2D eigenvalue weighted by atomic mass is 16.5.